The van der Waals surface area contributed by atoms with E-state index in [0.717, 1.165) is 22.5 Å². The zero-order valence-corrected chi connectivity index (χ0v) is 15.9. The SMILES string of the molecule is CN(C)c1ccc(C=Nc2nnnn2N=Cc2ccc(N(C)C)cc2)cc1. The Morgan fingerprint density at radius 2 is 1.30 bits per heavy atom. The fraction of sp³-hybridized carbons (Fsp3) is 0.211. The molecule has 0 N–H and O–H groups in total. The van der Waals surface area contributed by atoms with Crippen molar-refractivity contribution >= 4 is 29.8 Å². The number of benzene rings is 2. The highest BCUT2D eigenvalue weighted by molar-refractivity contribution is 5.82. The molecule has 3 rings (SSSR count). The summed E-state index contributed by atoms with van der Waals surface area (Å²) in [6.07, 6.45) is 3.41. The van der Waals surface area contributed by atoms with Crippen molar-refractivity contribution in [2.45, 2.75) is 0 Å². The Labute approximate surface area is 158 Å². The van der Waals surface area contributed by atoms with Crippen LogP contribution in [-0.2, 0) is 0 Å². The molecule has 8 heteroatoms. The zero-order valence-electron chi connectivity index (χ0n) is 15.9. The molecule has 0 bridgehead atoms. The zero-order chi connectivity index (χ0) is 19.2. The van der Waals surface area contributed by atoms with Crippen LogP contribution in [0, 0.1) is 0 Å². The quantitative estimate of drug-likeness (QED) is 0.630. The third-order valence-electron chi connectivity index (χ3n) is 3.90. The summed E-state index contributed by atoms with van der Waals surface area (Å²) in [6, 6.07) is 16.1. The Morgan fingerprint density at radius 3 is 1.81 bits per heavy atom. The minimum atomic E-state index is 0.313. The Kier molecular flexibility index (Phi) is 5.55. The van der Waals surface area contributed by atoms with Gasteiger partial charge in [-0.25, -0.2) is 4.99 Å². The van der Waals surface area contributed by atoms with Crippen molar-refractivity contribution in [1.82, 2.24) is 20.3 Å². The smallest absolute Gasteiger partial charge is 0.291 e. The number of hydrogen-bond acceptors (Lipinski definition) is 7. The monoisotopic (exact) mass is 362 g/mol. The number of aliphatic imine (C=N–C) groups is 1. The maximum atomic E-state index is 4.33. The molecule has 0 spiro atoms. The van der Waals surface area contributed by atoms with Crippen LogP contribution in [0.25, 0.3) is 0 Å². The first-order valence-corrected chi connectivity index (χ1v) is 8.44. The van der Waals surface area contributed by atoms with E-state index in [9.17, 15) is 0 Å². The summed E-state index contributed by atoms with van der Waals surface area (Å²) < 4.78 is 0. The third kappa shape index (κ3) is 4.75. The maximum Gasteiger partial charge on any atom is 0.291 e. The number of nitrogens with zero attached hydrogens (tertiary/aromatic N) is 8. The van der Waals surface area contributed by atoms with Crippen molar-refractivity contribution < 1.29 is 0 Å². The second-order valence-corrected chi connectivity index (χ2v) is 6.34. The molecule has 0 amide bonds. The van der Waals surface area contributed by atoms with Gasteiger partial charge in [0, 0.05) is 45.8 Å². The molecule has 2 aromatic carbocycles. The van der Waals surface area contributed by atoms with Gasteiger partial charge in [-0.3, -0.25) is 0 Å². The Balaban J connectivity index is 1.71. The lowest BCUT2D eigenvalue weighted by atomic mass is 10.2. The third-order valence-corrected chi connectivity index (χ3v) is 3.90. The van der Waals surface area contributed by atoms with E-state index < -0.39 is 0 Å². The molecule has 0 aliphatic heterocycles. The van der Waals surface area contributed by atoms with Crippen LogP contribution in [0.15, 0.2) is 58.6 Å². The van der Waals surface area contributed by atoms with Crippen molar-refractivity contribution in [2.24, 2.45) is 10.1 Å². The van der Waals surface area contributed by atoms with Gasteiger partial charge in [-0.15, -0.1) is 0 Å². The van der Waals surface area contributed by atoms with Crippen LogP contribution < -0.4 is 9.80 Å². The molecule has 0 aliphatic carbocycles. The molecule has 0 fully saturated rings. The van der Waals surface area contributed by atoms with Crippen molar-refractivity contribution in [2.75, 3.05) is 38.0 Å². The molecule has 0 aliphatic rings. The fourth-order valence-electron chi connectivity index (χ4n) is 2.30. The van der Waals surface area contributed by atoms with Crippen LogP contribution in [0.1, 0.15) is 11.1 Å². The van der Waals surface area contributed by atoms with E-state index in [1.165, 1.54) is 4.79 Å². The summed E-state index contributed by atoms with van der Waals surface area (Å²) in [4.78, 5) is 9.71. The molecule has 8 nitrogen and oxygen atoms in total. The maximum absolute atomic E-state index is 4.33. The highest BCUT2D eigenvalue weighted by atomic mass is 15.7. The highest BCUT2D eigenvalue weighted by Gasteiger charge is 2.02. The largest absolute Gasteiger partial charge is 0.378 e. The lowest BCUT2D eigenvalue weighted by molar-refractivity contribution is 0.696. The van der Waals surface area contributed by atoms with Crippen molar-refractivity contribution in [3.05, 3.63) is 59.7 Å². The predicted molar refractivity (Wildman–Crippen MR) is 110 cm³/mol. The van der Waals surface area contributed by atoms with Gasteiger partial charge in [-0.05, 0) is 45.8 Å². The van der Waals surface area contributed by atoms with Gasteiger partial charge in [-0.1, -0.05) is 34.2 Å². The van der Waals surface area contributed by atoms with Crippen molar-refractivity contribution in [1.29, 1.82) is 0 Å². The minimum absolute atomic E-state index is 0.313. The standard InChI is InChI=1S/C19H22N8/c1-25(2)17-9-5-15(6-10-17)13-20-19-22-23-24-27(19)21-14-16-7-11-18(12-8-16)26(3)4/h5-14H,1-4H3. The average molecular weight is 362 g/mol. The number of rotatable bonds is 6. The van der Waals surface area contributed by atoms with Crippen molar-refractivity contribution in [3.63, 3.8) is 0 Å². The van der Waals surface area contributed by atoms with Crippen LogP contribution in [0.3, 0.4) is 0 Å². The van der Waals surface area contributed by atoms with Gasteiger partial charge in [0.15, 0.2) is 0 Å². The minimum Gasteiger partial charge on any atom is -0.378 e. The van der Waals surface area contributed by atoms with Crippen LogP contribution >= 0.6 is 0 Å². The molecule has 0 radical (unpaired) electrons. The van der Waals surface area contributed by atoms with Gasteiger partial charge in [0.2, 0.25) is 0 Å². The van der Waals surface area contributed by atoms with E-state index in [1.807, 2.05) is 86.5 Å². The molecular weight excluding hydrogens is 340 g/mol. The molecule has 0 unspecified atom stereocenters. The van der Waals surface area contributed by atoms with Crippen LogP contribution in [0.4, 0.5) is 17.3 Å². The van der Waals surface area contributed by atoms with E-state index in [-0.39, 0.29) is 0 Å². The van der Waals surface area contributed by atoms with E-state index >= 15 is 0 Å². The summed E-state index contributed by atoms with van der Waals surface area (Å²) in [5.41, 5.74) is 4.16. The van der Waals surface area contributed by atoms with Gasteiger partial charge in [0.1, 0.15) is 0 Å². The predicted octanol–water partition coefficient (Wildman–Crippen LogP) is 2.44. The summed E-state index contributed by atoms with van der Waals surface area (Å²) in [5, 5.41) is 15.7. The Morgan fingerprint density at radius 1 is 0.778 bits per heavy atom. The first-order valence-electron chi connectivity index (χ1n) is 8.44. The van der Waals surface area contributed by atoms with Gasteiger partial charge in [0.25, 0.3) is 5.95 Å². The topological polar surface area (TPSA) is 74.8 Å². The van der Waals surface area contributed by atoms with Gasteiger partial charge in [0.05, 0.1) is 6.21 Å². The molecule has 1 aromatic heterocycles. The second kappa shape index (κ2) is 8.22. The molecule has 0 atom stereocenters. The molecule has 0 saturated heterocycles. The van der Waals surface area contributed by atoms with Crippen LogP contribution in [0.2, 0.25) is 0 Å². The molecule has 0 saturated carbocycles. The molecule has 1 heterocycles. The fourth-order valence-corrected chi connectivity index (χ4v) is 2.30. The van der Waals surface area contributed by atoms with Crippen molar-refractivity contribution in [3.8, 4) is 0 Å². The van der Waals surface area contributed by atoms with E-state index in [1.54, 1.807) is 12.4 Å². The number of anilines is 2. The molecular formula is C19H22N8. The Hall–Kier alpha value is -3.55. The molecule has 138 valence electrons. The van der Waals surface area contributed by atoms with Crippen LogP contribution in [-0.4, -0.2) is 60.9 Å². The lowest BCUT2D eigenvalue weighted by Crippen LogP contribution is -2.08. The lowest BCUT2D eigenvalue weighted by Gasteiger charge is -2.11. The molecule has 3 aromatic rings. The first kappa shape index (κ1) is 18.2. The summed E-state index contributed by atoms with van der Waals surface area (Å²) in [7, 11) is 8.01. The van der Waals surface area contributed by atoms with E-state index in [2.05, 4.69) is 25.6 Å². The summed E-state index contributed by atoms with van der Waals surface area (Å²) in [5.74, 6) is 0.313. The van der Waals surface area contributed by atoms with Gasteiger partial charge in [-0.2, -0.15) is 5.10 Å². The summed E-state index contributed by atoms with van der Waals surface area (Å²) >= 11 is 0. The van der Waals surface area contributed by atoms with Gasteiger partial charge < -0.3 is 9.80 Å². The van der Waals surface area contributed by atoms with E-state index in [4.69, 9.17) is 0 Å². The number of aromatic nitrogens is 4. The Bertz CT molecular complexity index is 845. The van der Waals surface area contributed by atoms with Crippen LogP contribution in [0.5, 0.6) is 0 Å². The molecule has 27 heavy (non-hydrogen) atoms. The normalized spacial score (nSPS) is 11.4. The van der Waals surface area contributed by atoms with E-state index in [0.29, 0.717) is 5.95 Å². The summed E-state index contributed by atoms with van der Waals surface area (Å²) in [6.45, 7) is 0. The number of hydrogen-bond donors (Lipinski definition) is 0. The first-order chi connectivity index (χ1) is 13.0. The number of tetrazole rings is 1. The average Bonchev–Trinajstić information content (AvgIpc) is 3.12. The highest BCUT2D eigenvalue weighted by Crippen LogP contribution is 2.13. The second-order valence-electron chi connectivity index (χ2n) is 6.34. The van der Waals surface area contributed by atoms with Gasteiger partial charge >= 0.3 is 0 Å².